The van der Waals surface area contributed by atoms with Crippen molar-refractivity contribution < 1.29 is 23.8 Å². The zero-order chi connectivity index (χ0) is 35.5. The van der Waals surface area contributed by atoms with Gasteiger partial charge in [-0.2, -0.15) is 0 Å². The van der Waals surface area contributed by atoms with E-state index in [1.807, 2.05) is 19.1 Å². The summed E-state index contributed by atoms with van der Waals surface area (Å²) in [7, 11) is 5.86. The maximum atomic E-state index is 12.8. The molecule has 0 spiro atoms. The summed E-state index contributed by atoms with van der Waals surface area (Å²) in [4.78, 5) is 45.4. The quantitative estimate of drug-likeness (QED) is 0.204. The Hall–Kier alpha value is -3.24. The minimum absolute atomic E-state index is 0.101. The van der Waals surface area contributed by atoms with Crippen LogP contribution in [0.4, 0.5) is 17.3 Å². The van der Waals surface area contributed by atoms with E-state index in [0.717, 1.165) is 101 Å². The zero-order valence-electron chi connectivity index (χ0n) is 30.1. The Balaban J connectivity index is 1.17. The topological polar surface area (TPSA) is 128 Å². The Labute approximate surface area is 304 Å². The highest BCUT2D eigenvalue weighted by Gasteiger charge is 2.26. The first-order valence-corrected chi connectivity index (χ1v) is 18.6. The number of nitrogens with zero attached hydrogens (tertiary/aromatic N) is 7. The predicted octanol–water partition coefficient (Wildman–Crippen LogP) is 2.58. The molecule has 3 aliphatic rings. The Morgan fingerprint density at radius 2 is 1.52 bits per heavy atom. The van der Waals surface area contributed by atoms with Crippen molar-refractivity contribution in [2.24, 2.45) is 0 Å². The van der Waals surface area contributed by atoms with Crippen molar-refractivity contribution in [3.8, 4) is 11.5 Å². The molecule has 3 aliphatic heterocycles. The SMILES string of the molecule is COc1cc(N2CCC(NC(=O)CN3CCN(C)CC3)CC2)c(OCCCCOC(=O)CN2CCN(C)CC2)cc1Nc1ncc(Br)c(C)n1. The number of methoxy groups -OCH3 is 1. The fourth-order valence-corrected chi connectivity index (χ4v) is 6.56. The number of amides is 1. The van der Waals surface area contributed by atoms with Gasteiger partial charge in [0.2, 0.25) is 11.9 Å². The molecule has 0 unspecified atom stereocenters. The van der Waals surface area contributed by atoms with Gasteiger partial charge in [0.25, 0.3) is 0 Å². The second kappa shape index (κ2) is 18.8. The van der Waals surface area contributed by atoms with Crippen LogP contribution in [0.1, 0.15) is 31.4 Å². The third-order valence-electron chi connectivity index (χ3n) is 9.62. The van der Waals surface area contributed by atoms with Gasteiger partial charge in [-0.25, -0.2) is 9.97 Å². The molecule has 2 aromatic rings. The second-order valence-electron chi connectivity index (χ2n) is 13.5. The lowest BCUT2D eigenvalue weighted by molar-refractivity contribution is -0.145. The van der Waals surface area contributed by atoms with Gasteiger partial charge in [0.15, 0.2) is 0 Å². The first kappa shape index (κ1) is 38.0. The highest BCUT2D eigenvalue weighted by atomic mass is 79.9. The molecule has 3 fully saturated rings. The van der Waals surface area contributed by atoms with Gasteiger partial charge < -0.3 is 39.5 Å². The van der Waals surface area contributed by atoms with Crippen LogP contribution in [0.15, 0.2) is 22.8 Å². The van der Waals surface area contributed by atoms with Gasteiger partial charge >= 0.3 is 5.97 Å². The number of unbranched alkanes of at least 4 members (excludes halogenated alkanes) is 1. The summed E-state index contributed by atoms with van der Waals surface area (Å²) >= 11 is 3.47. The van der Waals surface area contributed by atoms with Crippen molar-refractivity contribution in [2.75, 3.05) is 123 Å². The maximum Gasteiger partial charge on any atom is 0.320 e. The molecule has 14 nitrogen and oxygen atoms in total. The van der Waals surface area contributed by atoms with Crippen LogP contribution < -0.4 is 25.0 Å². The Bertz CT molecular complexity index is 1410. The third-order valence-corrected chi connectivity index (χ3v) is 10.4. The Kier molecular flexibility index (Phi) is 14.3. The predicted molar refractivity (Wildman–Crippen MR) is 198 cm³/mol. The van der Waals surface area contributed by atoms with Crippen LogP contribution in [0.5, 0.6) is 11.5 Å². The molecule has 276 valence electrons. The van der Waals surface area contributed by atoms with Gasteiger partial charge in [0, 0.05) is 89.8 Å². The molecular formula is C35H54BrN9O5. The van der Waals surface area contributed by atoms with E-state index in [1.165, 1.54) is 0 Å². The lowest BCUT2D eigenvalue weighted by atomic mass is 10.0. The summed E-state index contributed by atoms with van der Waals surface area (Å²) in [5.41, 5.74) is 2.44. The number of aryl methyl sites for hydroxylation is 1. The van der Waals surface area contributed by atoms with Gasteiger partial charge in [-0.3, -0.25) is 19.4 Å². The molecule has 4 heterocycles. The number of hydrogen-bond donors (Lipinski definition) is 2. The van der Waals surface area contributed by atoms with Crippen LogP contribution in [0.2, 0.25) is 0 Å². The van der Waals surface area contributed by atoms with Crippen molar-refractivity contribution >= 4 is 45.1 Å². The number of ether oxygens (including phenoxy) is 3. The van der Waals surface area contributed by atoms with Crippen LogP contribution in [-0.2, 0) is 14.3 Å². The summed E-state index contributed by atoms with van der Waals surface area (Å²) in [5, 5.41) is 6.57. The summed E-state index contributed by atoms with van der Waals surface area (Å²) < 4.78 is 18.6. The minimum atomic E-state index is -0.173. The smallest absolute Gasteiger partial charge is 0.320 e. The molecule has 2 N–H and O–H groups in total. The molecule has 1 aromatic carbocycles. The summed E-state index contributed by atoms with van der Waals surface area (Å²) in [6, 6.07) is 4.07. The average Bonchev–Trinajstić information content (AvgIpc) is 3.10. The van der Waals surface area contributed by atoms with Crippen molar-refractivity contribution in [3.05, 3.63) is 28.5 Å². The number of likely N-dealkylation sites (N-methyl/N-ethyl adjacent to an activating group) is 2. The molecule has 1 amide bonds. The van der Waals surface area contributed by atoms with Crippen LogP contribution in [-0.4, -0.2) is 160 Å². The summed E-state index contributed by atoms with van der Waals surface area (Å²) in [6.45, 7) is 12.6. The molecule has 15 heteroatoms. The summed E-state index contributed by atoms with van der Waals surface area (Å²) in [5.74, 6) is 1.74. The number of hydrogen-bond acceptors (Lipinski definition) is 13. The highest BCUT2D eigenvalue weighted by Crippen LogP contribution is 2.40. The van der Waals surface area contributed by atoms with Gasteiger partial charge in [0.1, 0.15) is 11.5 Å². The van der Waals surface area contributed by atoms with Gasteiger partial charge in [-0.15, -0.1) is 0 Å². The number of halogens is 1. The third kappa shape index (κ3) is 11.4. The largest absolute Gasteiger partial charge is 0.494 e. The van der Waals surface area contributed by atoms with Crippen molar-refractivity contribution in [3.63, 3.8) is 0 Å². The number of carbonyl (C=O) groups excluding carboxylic acids is 2. The number of nitrogens with one attached hydrogen (secondary N) is 2. The van der Waals surface area contributed by atoms with E-state index in [0.29, 0.717) is 55.9 Å². The van der Waals surface area contributed by atoms with Crippen LogP contribution >= 0.6 is 15.9 Å². The monoisotopic (exact) mass is 759 g/mol. The molecule has 0 saturated carbocycles. The molecular weight excluding hydrogens is 706 g/mol. The highest BCUT2D eigenvalue weighted by molar-refractivity contribution is 9.10. The van der Waals surface area contributed by atoms with E-state index in [1.54, 1.807) is 13.3 Å². The van der Waals surface area contributed by atoms with Crippen LogP contribution in [0.3, 0.4) is 0 Å². The van der Waals surface area contributed by atoms with Gasteiger partial charge in [0.05, 0.1) is 55.0 Å². The number of anilines is 3. The van der Waals surface area contributed by atoms with Gasteiger partial charge in [-0.05, 0) is 62.6 Å². The van der Waals surface area contributed by atoms with Crippen molar-refractivity contribution in [1.82, 2.24) is 34.9 Å². The van der Waals surface area contributed by atoms with E-state index >= 15 is 0 Å². The second-order valence-corrected chi connectivity index (χ2v) is 14.4. The van der Waals surface area contributed by atoms with E-state index in [-0.39, 0.29) is 17.9 Å². The fourth-order valence-electron chi connectivity index (χ4n) is 6.37. The lowest BCUT2D eigenvalue weighted by Crippen LogP contribution is -2.51. The fraction of sp³-hybridized carbons (Fsp3) is 0.657. The number of rotatable bonds is 15. The minimum Gasteiger partial charge on any atom is -0.494 e. The van der Waals surface area contributed by atoms with E-state index in [4.69, 9.17) is 14.2 Å². The number of aromatic nitrogens is 2. The van der Waals surface area contributed by atoms with Gasteiger partial charge in [-0.1, -0.05) is 0 Å². The molecule has 0 aliphatic carbocycles. The number of piperidine rings is 1. The maximum absolute atomic E-state index is 12.8. The average molecular weight is 761 g/mol. The lowest BCUT2D eigenvalue weighted by Gasteiger charge is -2.36. The number of carbonyl (C=O) groups is 2. The molecule has 0 atom stereocenters. The standard InChI is InChI=1S/C35H54BrN9O5/c1-26-28(36)23-37-35(38-26)40-29-21-32(49-19-5-6-20-50-34(47)25-44-17-13-42(3)14-18-44)30(22-31(29)48-4)45-9-7-27(8-10-45)39-33(46)24-43-15-11-41(2)12-16-43/h21-23,27H,5-20,24-25H2,1-4H3,(H,39,46)(H,37,38,40). The van der Waals surface area contributed by atoms with Crippen molar-refractivity contribution in [2.45, 2.75) is 38.6 Å². The van der Waals surface area contributed by atoms with E-state index in [2.05, 4.69) is 75.1 Å². The molecule has 0 radical (unpaired) electrons. The molecule has 5 rings (SSSR count). The molecule has 1 aromatic heterocycles. The molecule has 50 heavy (non-hydrogen) atoms. The van der Waals surface area contributed by atoms with Crippen LogP contribution in [0, 0.1) is 6.92 Å². The normalized spacial score (nSPS) is 18.5. The first-order chi connectivity index (χ1) is 24.2. The zero-order valence-corrected chi connectivity index (χ0v) is 31.7. The number of esters is 1. The Morgan fingerprint density at radius 3 is 2.16 bits per heavy atom. The Morgan fingerprint density at radius 1 is 0.880 bits per heavy atom. The number of piperazine rings is 2. The first-order valence-electron chi connectivity index (χ1n) is 17.8. The van der Waals surface area contributed by atoms with E-state index < -0.39 is 0 Å². The summed E-state index contributed by atoms with van der Waals surface area (Å²) in [6.07, 6.45) is 4.82. The van der Waals surface area contributed by atoms with E-state index in [9.17, 15) is 9.59 Å². The molecule has 3 saturated heterocycles. The van der Waals surface area contributed by atoms with Crippen LogP contribution in [0.25, 0.3) is 0 Å². The van der Waals surface area contributed by atoms with Crippen molar-refractivity contribution in [1.29, 1.82) is 0 Å². The number of benzene rings is 1. The molecule has 0 bridgehead atoms.